The zero-order valence-electron chi connectivity index (χ0n) is 1.48. The van der Waals surface area contributed by atoms with Gasteiger partial charge in [0, 0.05) is 90.9 Å². The first-order chi connectivity index (χ1) is 0. The van der Waals surface area contributed by atoms with Crippen molar-refractivity contribution >= 4 is 0 Å². The largest absolute Gasteiger partial charge is 0 e. The molecule has 0 N–H and O–H groups in total. The van der Waals surface area contributed by atoms with E-state index in [4.69, 9.17) is 0 Å². The second-order valence-corrected chi connectivity index (χ2v) is 0. The maximum absolute atomic E-state index is 0. The van der Waals surface area contributed by atoms with Gasteiger partial charge in [0.1, 0.15) is 0 Å². The van der Waals surface area contributed by atoms with Crippen LogP contribution in [0.5, 0.6) is 0 Å². The summed E-state index contributed by atoms with van der Waals surface area (Å²) in [6.45, 7) is 0. The molecule has 2 radical (unpaired) electrons. The quantitative estimate of drug-likeness (QED) is 0.551. The van der Waals surface area contributed by atoms with Gasteiger partial charge in [0.2, 0.25) is 0 Å². The van der Waals surface area contributed by atoms with Crippen molar-refractivity contribution in [2.45, 2.75) is 0 Å². The van der Waals surface area contributed by atoms with E-state index in [2.05, 4.69) is 0 Å². The van der Waals surface area contributed by atoms with Gasteiger partial charge in [-0.05, 0) is 0 Å². The molecule has 0 saturated heterocycles. The van der Waals surface area contributed by atoms with Crippen molar-refractivity contribution in [1.82, 2.24) is 0 Å². The SMILES string of the molecule is [Co].[Co].[Nd].[Ni]. The van der Waals surface area contributed by atoms with Crippen LogP contribution in [-0.4, -0.2) is 0 Å². The Balaban J connectivity index is 0. The minimum Gasteiger partial charge on any atom is 0 e. The molecule has 0 aromatic rings. The van der Waals surface area contributed by atoms with Gasteiger partial charge in [0.05, 0.1) is 0 Å². The summed E-state index contributed by atoms with van der Waals surface area (Å²) in [6.07, 6.45) is 0. The van der Waals surface area contributed by atoms with E-state index in [1.165, 1.54) is 0 Å². The Bertz CT molecular complexity index is 6.00. The summed E-state index contributed by atoms with van der Waals surface area (Å²) < 4.78 is 0. The smallest absolute Gasteiger partial charge is 0 e. The van der Waals surface area contributed by atoms with E-state index in [9.17, 15) is 0 Å². The number of hydrogen-bond acceptors (Lipinski definition) is 0. The fourth-order valence-electron chi connectivity index (χ4n) is 0. The third-order valence-electron chi connectivity index (χ3n) is 0. The topological polar surface area (TPSA) is 0 Å². The van der Waals surface area contributed by atoms with Crippen molar-refractivity contribution in [2.75, 3.05) is 0 Å². The van der Waals surface area contributed by atoms with Gasteiger partial charge in [-0.2, -0.15) is 0 Å². The molecule has 0 aliphatic heterocycles. The van der Waals surface area contributed by atoms with Crippen molar-refractivity contribution in [2.24, 2.45) is 0 Å². The van der Waals surface area contributed by atoms with Crippen molar-refractivity contribution < 1.29 is 90.9 Å². The summed E-state index contributed by atoms with van der Waals surface area (Å²) in [4.78, 5) is 0. The van der Waals surface area contributed by atoms with Gasteiger partial charge in [-0.3, -0.25) is 0 Å². The van der Waals surface area contributed by atoms with E-state index in [1.54, 1.807) is 0 Å². The van der Waals surface area contributed by atoms with Crippen LogP contribution in [0.2, 0.25) is 0 Å². The maximum Gasteiger partial charge on any atom is 0 e. The molecule has 0 nitrogen and oxygen atoms in total. The van der Waals surface area contributed by atoms with Gasteiger partial charge in [-0.25, -0.2) is 0 Å². The molecule has 0 atom stereocenters. The van der Waals surface area contributed by atoms with Crippen molar-refractivity contribution in [1.29, 1.82) is 0 Å². The van der Waals surface area contributed by atoms with Gasteiger partial charge in [0.25, 0.3) is 0 Å². The van der Waals surface area contributed by atoms with Crippen LogP contribution in [-0.2, 0) is 50.0 Å². The van der Waals surface area contributed by atoms with Crippen LogP contribution in [0.1, 0.15) is 0 Å². The predicted octanol–water partition coefficient (Wildman–Crippen LogP) is -0.00750. The summed E-state index contributed by atoms with van der Waals surface area (Å²) in [5.74, 6) is 0. The second-order valence-electron chi connectivity index (χ2n) is 0. The maximum atomic E-state index is 0. The molecular weight excluding hydrogens is 321 g/mol. The molecule has 0 aliphatic carbocycles. The van der Waals surface area contributed by atoms with Gasteiger partial charge in [0.15, 0.2) is 0 Å². The Morgan fingerprint density at radius 3 is 0.750 bits per heavy atom. The zero-order valence-corrected chi connectivity index (χ0v) is 7.76. The molecule has 32 valence electrons. The fourth-order valence-corrected chi connectivity index (χ4v) is 0. The Hall–Kier alpha value is 2.86. The number of hydrogen-bond donors (Lipinski definition) is 0. The summed E-state index contributed by atoms with van der Waals surface area (Å²) in [6, 6.07) is 0. The number of rotatable bonds is 0. The molecule has 0 spiro atoms. The summed E-state index contributed by atoms with van der Waals surface area (Å²) in [7, 11) is 0. The average molecular weight is 321 g/mol. The molecule has 0 unspecified atom stereocenters. The zero-order chi connectivity index (χ0) is 0. The first-order valence-electron chi connectivity index (χ1n) is 0. The normalized spacial score (nSPS) is 0. The van der Waals surface area contributed by atoms with E-state index in [1.807, 2.05) is 0 Å². The van der Waals surface area contributed by atoms with Crippen LogP contribution < -0.4 is 0 Å². The molecule has 4 heteroatoms. The third kappa shape index (κ3) is 8.85. The Morgan fingerprint density at radius 1 is 0.750 bits per heavy atom. The molecule has 0 aromatic heterocycles. The third-order valence-corrected chi connectivity index (χ3v) is 0. The summed E-state index contributed by atoms with van der Waals surface area (Å²) in [5, 5.41) is 0. The molecule has 0 amide bonds. The fraction of sp³-hybridized carbons (Fsp3) is 0. The summed E-state index contributed by atoms with van der Waals surface area (Å²) >= 11 is 0. The molecule has 0 fully saturated rings. The minimum atomic E-state index is 0. The summed E-state index contributed by atoms with van der Waals surface area (Å²) in [5.41, 5.74) is 0. The molecule has 4 heavy (non-hydrogen) atoms. The average Bonchev–Trinajstić information content (AvgIpc) is 0. The first kappa shape index (κ1) is 28.8. The van der Waals surface area contributed by atoms with Gasteiger partial charge < -0.3 is 0 Å². The van der Waals surface area contributed by atoms with E-state index < -0.39 is 0 Å². The van der Waals surface area contributed by atoms with Crippen LogP contribution in [0.3, 0.4) is 0 Å². The Labute approximate surface area is 89.1 Å². The molecule has 0 aromatic carbocycles. The van der Waals surface area contributed by atoms with E-state index in [-0.39, 0.29) is 90.9 Å². The van der Waals surface area contributed by atoms with Gasteiger partial charge in [-0.15, -0.1) is 0 Å². The van der Waals surface area contributed by atoms with E-state index in [0.717, 1.165) is 0 Å². The van der Waals surface area contributed by atoms with Crippen LogP contribution >= 0.6 is 0 Å². The molecule has 0 heterocycles. The standard InChI is InChI=1S/2Co.Nd.Ni. The first-order valence-corrected chi connectivity index (χ1v) is 0. The Morgan fingerprint density at radius 2 is 0.750 bits per heavy atom. The van der Waals surface area contributed by atoms with Crippen LogP contribution in [0.4, 0.5) is 0 Å². The predicted molar refractivity (Wildman–Crippen MR) is 0 cm³/mol. The second kappa shape index (κ2) is 16.9. The van der Waals surface area contributed by atoms with Gasteiger partial charge in [-0.1, -0.05) is 0 Å². The Kier molecular flexibility index (Phi) is 122. The van der Waals surface area contributed by atoms with Gasteiger partial charge >= 0.3 is 0 Å². The van der Waals surface area contributed by atoms with Crippen molar-refractivity contribution in [3.8, 4) is 0 Å². The van der Waals surface area contributed by atoms with Crippen LogP contribution in [0, 0.1) is 40.8 Å². The molecule has 0 bridgehead atoms. The molecule has 0 aliphatic rings. The molecular formula is Co2NdNi. The van der Waals surface area contributed by atoms with E-state index in [0.29, 0.717) is 0 Å². The van der Waals surface area contributed by atoms with Crippen molar-refractivity contribution in [3.05, 3.63) is 0 Å². The van der Waals surface area contributed by atoms with Crippen LogP contribution in [0.15, 0.2) is 0 Å². The van der Waals surface area contributed by atoms with E-state index >= 15 is 0 Å². The van der Waals surface area contributed by atoms with Crippen LogP contribution in [0.25, 0.3) is 0 Å². The monoisotopic (exact) mass is 318 g/mol. The van der Waals surface area contributed by atoms with Crippen molar-refractivity contribution in [3.63, 3.8) is 0 Å². The molecule has 0 rings (SSSR count). The molecule has 0 saturated carbocycles. The minimum absolute atomic E-state index is 0.